The maximum atomic E-state index is 12.5. The van der Waals surface area contributed by atoms with E-state index in [0.717, 1.165) is 25.1 Å². The molecule has 2 fully saturated rings. The molecule has 0 aromatic heterocycles. The molecule has 148 valence electrons. The number of hydrogen-bond donors (Lipinski definition) is 0. The van der Waals surface area contributed by atoms with Gasteiger partial charge in [-0.2, -0.15) is 0 Å². The van der Waals surface area contributed by atoms with E-state index >= 15 is 0 Å². The maximum Gasteiger partial charge on any atom is 0.254 e. The van der Waals surface area contributed by atoms with Crippen LogP contribution in [0.15, 0.2) is 24.3 Å². The van der Waals surface area contributed by atoms with Crippen LogP contribution in [0.4, 0.5) is 0 Å². The van der Waals surface area contributed by atoms with Crippen molar-refractivity contribution in [2.24, 2.45) is 5.92 Å². The van der Waals surface area contributed by atoms with Crippen molar-refractivity contribution in [1.82, 2.24) is 9.80 Å². The van der Waals surface area contributed by atoms with Gasteiger partial charge in [0.25, 0.3) is 5.91 Å². The van der Waals surface area contributed by atoms with Gasteiger partial charge in [0, 0.05) is 44.8 Å². The minimum absolute atomic E-state index is 0.0319. The Morgan fingerprint density at radius 1 is 1.11 bits per heavy atom. The van der Waals surface area contributed by atoms with Gasteiger partial charge in [0.2, 0.25) is 5.91 Å². The molecule has 2 aliphatic rings. The summed E-state index contributed by atoms with van der Waals surface area (Å²) in [5.41, 5.74) is 0.665. The number of carbonyl (C=O) groups is 2. The smallest absolute Gasteiger partial charge is 0.254 e. The summed E-state index contributed by atoms with van der Waals surface area (Å²) in [4.78, 5) is 28.1. The number of benzene rings is 1. The monoisotopic (exact) mass is 376 g/mol. The van der Waals surface area contributed by atoms with Crippen LogP contribution >= 0.6 is 0 Å². The minimum atomic E-state index is 0.0319. The Morgan fingerprint density at radius 2 is 1.85 bits per heavy atom. The Morgan fingerprint density at radius 3 is 2.56 bits per heavy atom. The fourth-order valence-corrected chi connectivity index (χ4v) is 3.50. The first-order chi connectivity index (χ1) is 13.2. The van der Waals surface area contributed by atoms with Gasteiger partial charge < -0.3 is 24.0 Å². The molecular formula is C20H28N2O5. The summed E-state index contributed by atoms with van der Waals surface area (Å²) in [6.45, 7) is 4.65. The van der Waals surface area contributed by atoms with Gasteiger partial charge in [-0.3, -0.25) is 9.59 Å². The summed E-state index contributed by atoms with van der Waals surface area (Å²) < 4.78 is 16.1. The molecule has 1 atom stereocenters. The summed E-state index contributed by atoms with van der Waals surface area (Å²) in [6, 6.07) is 7.29. The van der Waals surface area contributed by atoms with E-state index in [2.05, 4.69) is 0 Å². The third-order valence-corrected chi connectivity index (χ3v) is 5.02. The van der Waals surface area contributed by atoms with Crippen LogP contribution in [0, 0.1) is 5.92 Å². The number of morpholine rings is 1. The molecule has 7 heteroatoms. The number of ether oxygens (including phenoxy) is 3. The first kappa shape index (κ1) is 19.6. The van der Waals surface area contributed by atoms with Crippen LogP contribution in [0.25, 0.3) is 0 Å². The van der Waals surface area contributed by atoms with Crippen molar-refractivity contribution in [2.75, 3.05) is 59.7 Å². The highest BCUT2D eigenvalue weighted by molar-refractivity contribution is 5.94. The van der Waals surface area contributed by atoms with Crippen molar-refractivity contribution in [3.05, 3.63) is 29.8 Å². The highest BCUT2D eigenvalue weighted by atomic mass is 16.5. The number of piperidine rings is 1. The summed E-state index contributed by atoms with van der Waals surface area (Å²) >= 11 is 0. The average molecular weight is 376 g/mol. The van der Waals surface area contributed by atoms with Gasteiger partial charge in [-0.15, -0.1) is 0 Å². The van der Waals surface area contributed by atoms with Gasteiger partial charge in [0.15, 0.2) is 0 Å². The zero-order valence-corrected chi connectivity index (χ0v) is 15.9. The molecule has 2 aliphatic heterocycles. The Hall–Kier alpha value is -2.12. The molecule has 0 aliphatic carbocycles. The van der Waals surface area contributed by atoms with E-state index in [4.69, 9.17) is 14.2 Å². The molecule has 3 rings (SSSR count). The number of nitrogens with zero attached hydrogens (tertiary/aromatic N) is 2. The molecule has 7 nitrogen and oxygen atoms in total. The quantitative estimate of drug-likeness (QED) is 0.751. The van der Waals surface area contributed by atoms with Crippen LogP contribution in [0.1, 0.15) is 23.2 Å². The molecular weight excluding hydrogens is 348 g/mol. The summed E-state index contributed by atoms with van der Waals surface area (Å²) in [6.07, 6.45) is 2.03. The first-order valence-corrected chi connectivity index (χ1v) is 9.54. The Kier molecular flexibility index (Phi) is 7.06. The topological polar surface area (TPSA) is 68.3 Å². The molecule has 0 bridgehead atoms. The molecule has 0 spiro atoms. The number of methoxy groups -OCH3 is 1. The second-order valence-electron chi connectivity index (χ2n) is 7.02. The fraction of sp³-hybridized carbons (Fsp3) is 0.600. The SMILES string of the molecule is COCC(=O)N1CCCC(COc2ccc(C(=O)N3CCOCC3)cc2)C1. The Balaban J connectivity index is 1.48. The Labute approximate surface area is 160 Å². The summed E-state index contributed by atoms with van der Waals surface area (Å²) in [5, 5.41) is 0. The molecule has 2 amide bonds. The van der Waals surface area contributed by atoms with Crippen LogP contribution in [0.3, 0.4) is 0 Å². The lowest BCUT2D eigenvalue weighted by atomic mass is 9.99. The van der Waals surface area contributed by atoms with Crippen molar-refractivity contribution in [2.45, 2.75) is 12.8 Å². The molecule has 0 radical (unpaired) electrons. The molecule has 27 heavy (non-hydrogen) atoms. The molecule has 2 saturated heterocycles. The minimum Gasteiger partial charge on any atom is -0.493 e. The van der Waals surface area contributed by atoms with Gasteiger partial charge in [-0.1, -0.05) is 0 Å². The van der Waals surface area contributed by atoms with E-state index in [1.165, 1.54) is 7.11 Å². The van der Waals surface area contributed by atoms with E-state index in [1.54, 1.807) is 0 Å². The van der Waals surface area contributed by atoms with Crippen LogP contribution in [-0.2, 0) is 14.3 Å². The highest BCUT2D eigenvalue weighted by Crippen LogP contribution is 2.20. The van der Waals surface area contributed by atoms with E-state index in [9.17, 15) is 9.59 Å². The third-order valence-electron chi connectivity index (χ3n) is 5.02. The Bertz CT molecular complexity index is 628. The van der Waals surface area contributed by atoms with Crippen molar-refractivity contribution in [1.29, 1.82) is 0 Å². The van der Waals surface area contributed by atoms with Gasteiger partial charge >= 0.3 is 0 Å². The van der Waals surface area contributed by atoms with Crippen LogP contribution < -0.4 is 4.74 Å². The fourth-order valence-electron chi connectivity index (χ4n) is 3.50. The number of carbonyl (C=O) groups excluding carboxylic acids is 2. The lowest BCUT2D eigenvalue weighted by molar-refractivity contribution is -0.137. The van der Waals surface area contributed by atoms with Crippen LogP contribution in [0.2, 0.25) is 0 Å². The van der Waals surface area contributed by atoms with Crippen molar-refractivity contribution in [3.63, 3.8) is 0 Å². The molecule has 0 N–H and O–H groups in total. The normalized spacial score (nSPS) is 20.4. The lowest BCUT2D eigenvalue weighted by Gasteiger charge is -2.32. The first-order valence-electron chi connectivity index (χ1n) is 9.54. The molecule has 0 saturated carbocycles. The van der Waals surface area contributed by atoms with E-state index in [1.807, 2.05) is 34.1 Å². The number of hydrogen-bond acceptors (Lipinski definition) is 5. The van der Waals surface area contributed by atoms with Crippen molar-refractivity contribution in [3.8, 4) is 5.75 Å². The van der Waals surface area contributed by atoms with Crippen molar-refractivity contribution < 1.29 is 23.8 Å². The largest absolute Gasteiger partial charge is 0.493 e. The van der Waals surface area contributed by atoms with Gasteiger partial charge in [0.1, 0.15) is 12.4 Å². The summed E-state index contributed by atoms with van der Waals surface area (Å²) in [7, 11) is 1.54. The molecule has 1 aromatic carbocycles. The number of amides is 2. The molecule has 2 heterocycles. The lowest BCUT2D eigenvalue weighted by Crippen LogP contribution is -2.43. The van der Waals surface area contributed by atoms with Crippen molar-refractivity contribution >= 4 is 11.8 Å². The van der Waals surface area contributed by atoms with Crippen LogP contribution in [0.5, 0.6) is 5.75 Å². The second kappa shape index (κ2) is 9.71. The summed E-state index contributed by atoms with van der Waals surface area (Å²) in [5.74, 6) is 1.13. The standard InChI is InChI=1S/C20H28N2O5/c1-25-15-19(23)22-8-2-3-16(13-22)14-27-18-6-4-17(5-7-18)20(24)21-9-11-26-12-10-21/h4-7,16H,2-3,8-15H2,1H3. The zero-order valence-electron chi connectivity index (χ0n) is 15.9. The van der Waals surface area contributed by atoms with Gasteiger partial charge in [-0.25, -0.2) is 0 Å². The van der Waals surface area contributed by atoms with Crippen LogP contribution in [-0.4, -0.2) is 81.3 Å². The zero-order chi connectivity index (χ0) is 19.1. The predicted molar refractivity (Wildman–Crippen MR) is 99.8 cm³/mol. The predicted octanol–water partition coefficient (Wildman–Crippen LogP) is 1.42. The van der Waals surface area contributed by atoms with E-state index in [-0.39, 0.29) is 18.4 Å². The highest BCUT2D eigenvalue weighted by Gasteiger charge is 2.24. The number of rotatable bonds is 6. The number of likely N-dealkylation sites (tertiary alicyclic amines) is 1. The molecule has 1 aromatic rings. The molecule has 1 unspecified atom stereocenters. The third kappa shape index (κ3) is 5.43. The van der Waals surface area contributed by atoms with E-state index < -0.39 is 0 Å². The van der Waals surface area contributed by atoms with E-state index in [0.29, 0.717) is 50.9 Å². The second-order valence-corrected chi connectivity index (χ2v) is 7.02. The average Bonchev–Trinajstić information content (AvgIpc) is 2.73. The van der Waals surface area contributed by atoms with Gasteiger partial charge in [0.05, 0.1) is 19.8 Å². The van der Waals surface area contributed by atoms with Gasteiger partial charge in [-0.05, 0) is 37.1 Å². The maximum absolute atomic E-state index is 12.5.